The third-order valence-electron chi connectivity index (χ3n) is 7.21. The molecule has 5 aromatic rings. The number of carboxylic acid groups (broad SMARTS) is 1. The van der Waals surface area contributed by atoms with Gasteiger partial charge in [0.2, 0.25) is 0 Å². The summed E-state index contributed by atoms with van der Waals surface area (Å²) < 4.78 is 13.9. The number of fused-ring (bicyclic) bond motifs is 3. The van der Waals surface area contributed by atoms with Crippen LogP contribution in [-0.4, -0.2) is 39.1 Å². The molecular formula is C34H29N3O5. The van der Waals surface area contributed by atoms with Crippen molar-refractivity contribution in [3.63, 3.8) is 0 Å². The molecule has 1 N–H and O–H groups in total. The first-order valence-corrected chi connectivity index (χ1v) is 13.8. The van der Waals surface area contributed by atoms with Crippen LogP contribution >= 0.6 is 0 Å². The Labute approximate surface area is 242 Å². The lowest BCUT2D eigenvalue weighted by Crippen LogP contribution is -2.29. The summed E-state index contributed by atoms with van der Waals surface area (Å²) in [5.74, 6) is -0.442. The van der Waals surface area contributed by atoms with Crippen LogP contribution < -0.4 is 4.74 Å². The highest BCUT2D eigenvalue weighted by molar-refractivity contribution is 6.12. The van der Waals surface area contributed by atoms with Gasteiger partial charge in [0.1, 0.15) is 5.75 Å². The Morgan fingerprint density at radius 1 is 0.929 bits per heavy atom. The van der Waals surface area contributed by atoms with E-state index >= 15 is 0 Å². The van der Waals surface area contributed by atoms with Gasteiger partial charge in [0, 0.05) is 28.4 Å². The first-order chi connectivity index (χ1) is 20.4. The summed E-state index contributed by atoms with van der Waals surface area (Å²) in [5.41, 5.74) is 4.61. The van der Waals surface area contributed by atoms with Crippen molar-refractivity contribution in [3.05, 3.63) is 113 Å². The molecular weight excluding hydrogens is 530 g/mol. The maximum absolute atomic E-state index is 13.7. The number of ether oxygens (including phenoxy) is 2. The van der Waals surface area contributed by atoms with E-state index < -0.39 is 5.97 Å². The van der Waals surface area contributed by atoms with Crippen LogP contribution in [0.3, 0.4) is 0 Å². The van der Waals surface area contributed by atoms with Crippen LogP contribution in [0.2, 0.25) is 0 Å². The minimum atomic E-state index is -1.03. The zero-order valence-electron chi connectivity index (χ0n) is 23.3. The number of carbonyl (C=O) groups excluding carboxylic acids is 1. The normalized spacial score (nSPS) is 15.2. The summed E-state index contributed by atoms with van der Waals surface area (Å²) in [6.07, 6.45) is 1.74. The van der Waals surface area contributed by atoms with E-state index in [2.05, 4.69) is 40.7 Å². The molecule has 0 saturated carbocycles. The highest BCUT2D eigenvalue weighted by atomic mass is 16.5. The van der Waals surface area contributed by atoms with Gasteiger partial charge in [0.25, 0.3) is 5.91 Å². The minimum Gasteiger partial charge on any atom is -0.494 e. The molecule has 8 nitrogen and oxygen atoms in total. The number of aromatic carboxylic acids is 1. The number of benzene rings is 4. The first-order valence-electron chi connectivity index (χ1n) is 13.8. The summed E-state index contributed by atoms with van der Waals surface area (Å²) in [5, 5.41) is 11.5. The number of aliphatic imine (C=N–C) groups is 1. The van der Waals surface area contributed by atoms with Gasteiger partial charge in [-0.1, -0.05) is 36.4 Å². The van der Waals surface area contributed by atoms with Crippen LogP contribution in [0.5, 0.6) is 5.75 Å². The molecule has 1 aliphatic rings. The predicted octanol–water partition coefficient (Wildman–Crippen LogP) is 7.00. The van der Waals surface area contributed by atoms with Crippen LogP contribution in [-0.2, 0) is 22.6 Å². The third kappa shape index (κ3) is 5.10. The van der Waals surface area contributed by atoms with Gasteiger partial charge >= 0.3 is 12.0 Å². The van der Waals surface area contributed by atoms with Crippen LogP contribution in [0.1, 0.15) is 35.3 Å². The lowest BCUT2D eigenvalue weighted by Gasteiger charge is -2.14. The zero-order chi connectivity index (χ0) is 29.2. The summed E-state index contributed by atoms with van der Waals surface area (Å²) in [7, 11) is 0. The molecule has 0 radical (unpaired) electrons. The number of rotatable bonds is 8. The largest absolute Gasteiger partial charge is 0.494 e. The van der Waals surface area contributed by atoms with Crippen molar-refractivity contribution in [1.82, 2.24) is 9.47 Å². The quantitative estimate of drug-likeness (QED) is 0.207. The summed E-state index contributed by atoms with van der Waals surface area (Å²) >= 11 is 0. The van der Waals surface area contributed by atoms with Crippen LogP contribution in [0.25, 0.3) is 27.9 Å². The van der Waals surface area contributed by atoms with E-state index in [9.17, 15) is 14.7 Å². The number of hydrogen-bond donors (Lipinski definition) is 1. The van der Waals surface area contributed by atoms with Crippen LogP contribution in [0.15, 0.2) is 102 Å². The molecule has 210 valence electrons. The summed E-state index contributed by atoms with van der Waals surface area (Å²) in [6, 6.07) is 28.2. The highest BCUT2D eigenvalue weighted by Gasteiger charge is 2.35. The molecule has 0 atom stereocenters. The fraction of sp³-hybridized carbons (Fsp3) is 0.147. The molecule has 1 fully saturated rings. The van der Waals surface area contributed by atoms with Crippen LogP contribution in [0.4, 0.5) is 5.69 Å². The van der Waals surface area contributed by atoms with Gasteiger partial charge in [-0.05, 0) is 85.6 Å². The van der Waals surface area contributed by atoms with Crippen molar-refractivity contribution in [2.75, 3.05) is 6.61 Å². The number of para-hydroxylation sites is 1. The van der Waals surface area contributed by atoms with Gasteiger partial charge in [-0.3, -0.25) is 9.69 Å². The van der Waals surface area contributed by atoms with Crippen molar-refractivity contribution in [2.45, 2.75) is 26.9 Å². The summed E-state index contributed by atoms with van der Waals surface area (Å²) in [6.45, 7) is 5.70. The molecule has 0 aliphatic carbocycles. The third-order valence-corrected chi connectivity index (χ3v) is 7.21. The second kappa shape index (κ2) is 11.2. The lowest BCUT2D eigenvalue weighted by atomic mass is 10.1. The van der Waals surface area contributed by atoms with Crippen molar-refractivity contribution in [3.8, 4) is 5.75 Å². The van der Waals surface area contributed by atoms with Crippen LogP contribution in [0, 0.1) is 0 Å². The van der Waals surface area contributed by atoms with E-state index in [1.54, 1.807) is 18.2 Å². The number of carboxylic acids is 1. The number of aryl methyl sites for hydroxylation is 1. The van der Waals surface area contributed by atoms with E-state index in [1.165, 1.54) is 17.0 Å². The molecule has 4 aromatic carbocycles. The highest BCUT2D eigenvalue weighted by Crippen LogP contribution is 2.31. The van der Waals surface area contributed by atoms with Gasteiger partial charge in [0.05, 0.1) is 24.4 Å². The number of carbonyl (C=O) groups is 2. The Bertz CT molecular complexity index is 1870. The fourth-order valence-corrected chi connectivity index (χ4v) is 5.21. The minimum absolute atomic E-state index is 0.117. The van der Waals surface area contributed by atoms with E-state index in [0.717, 1.165) is 45.2 Å². The van der Waals surface area contributed by atoms with E-state index in [4.69, 9.17) is 9.47 Å². The topological polar surface area (TPSA) is 93.4 Å². The number of aromatic nitrogens is 1. The molecule has 8 heteroatoms. The van der Waals surface area contributed by atoms with E-state index in [0.29, 0.717) is 12.3 Å². The smallest absolute Gasteiger partial charge is 0.335 e. The summed E-state index contributed by atoms with van der Waals surface area (Å²) in [4.78, 5) is 31.0. The Balaban J connectivity index is 1.37. The van der Waals surface area contributed by atoms with Gasteiger partial charge in [-0.2, -0.15) is 4.99 Å². The lowest BCUT2D eigenvalue weighted by molar-refractivity contribution is -0.123. The SMILES string of the molecule is CCOc1ccc(CN2C(=O)/C(=C\c3ccc4c(c3)c3ccccc3n4CC)OC2=Nc2ccc(C(=O)O)cc2)cc1. The van der Waals surface area contributed by atoms with Crippen molar-refractivity contribution >= 4 is 51.5 Å². The average Bonchev–Trinajstić information content (AvgIpc) is 3.47. The Morgan fingerprint density at radius 2 is 1.67 bits per heavy atom. The Kier molecular flexibility index (Phi) is 7.19. The molecule has 6 rings (SSSR count). The Hall–Kier alpha value is -5.37. The Morgan fingerprint density at radius 3 is 2.38 bits per heavy atom. The second-order valence-corrected chi connectivity index (χ2v) is 9.86. The first kappa shape index (κ1) is 26.8. The van der Waals surface area contributed by atoms with E-state index in [-0.39, 0.29) is 29.8 Å². The molecule has 1 amide bonds. The van der Waals surface area contributed by atoms with Gasteiger partial charge < -0.3 is 19.1 Å². The number of hydrogen-bond acceptors (Lipinski definition) is 5. The molecule has 1 saturated heterocycles. The molecule has 2 heterocycles. The van der Waals surface area contributed by atoms with Gasteiger partial charge in [-0.25, -0.2) is 4.79 Å². The average molecular weight is 560 g/mol. The molecule has 0 spiro atoms. The number of amidine groups is 1. The maximum Gasteiger partial charge on any atom is 0.335 e. The molecule has 0 bridgehead atoms. The standard InChI is InChI=1S/C34H29N3O5/c1-3-36-29-8-6-5-7-27(29)28-19-23(11-18-30(28)36)20-31-32(38)37(21-22-9-16-26(17-10-22)41-4-2)34(42-31)35-25-14-12-24(13-15-25)33(39)40/h5-20H,3-4,21H2,1-2H3,(H,39,40)/b31-20+,35-34?. The van der Waals surface area contributed by atoms with Gasteiger partial charge in [-0.15, -0.1) is 0 Å². The predicted molar refractivity (Wildman–Crippen MR) is 163 cm³/mol. The maximum atomic E-state index is 13.7. The monoisotopic (exact) mass is 559 g/mol. The van der Waals surface area contributed by atoms with Crippen molar-refractivity contribution in [2.24, 2.45) is 4.99 Å². The molecule has 1 aliphatic heterocycles. The van der Waals surface area contributed by atoms with E-state index in [1.807, 2.05) is 49.4 Å². The fourth-order valence-electron chi connectivity index (χ4n) is 5.21. The van der Waals surface area contributed by atoms with Crippen molar-refractivity contribution in [1.29, 1.82) is 0 Å². The number of nitrogens with zero attached hydrogens (tertiary/aromatic N) is 3. The molecule has 42 heavy (non-hydrogen) atoms. The number of amides is 1. The van der Waals surface area contributed by atoms with Crippen molar-refractivity contribution < 1.29 is 24.2 Å². The molecule has 1 aromatic heterocycles. The van der Waals surface area contributed by atoms with Gasteiger partial charge in [0.15, 0.2) is 5.76 Å². The second-order valence-electron chi connectivity index (χ2n) is 9.86. The zero-order valence-corrected chi connectivity index (χ0v) is 23.3. The molecule has 0 unspecified atom stereocenters.